The summed E-state index contributed by atoms with van der Waals surface area (Å²) >= 11 is 3.87. The van der Waals surface area contributed by atoms with Gasteiger partial charge in [-0.15, -0.1) is 0 Å². The van der Waals surface area contributed by atoms with Gasteiger partial charge in [-0.2, -0.15) is 0 Å². The van der Waals surface area contributed by atoms with Crippen LogP contribution in [-0.4, -0.2) is 18.6 Å². The lowest BCUT2D eigenvalue weighted by Crippen LogP contribution is -2.09. The molecule has 19 heavy (non-hydrogen) atoms. The molecule has 0 unspecified atom stereocenters. The van der Waals surface area contributed by atoms with E-state index in [1.807, 2.05) is 59.1 Å². The number of aromatic nitrogens is 1. The Balaban J connectivity index is 0.000000741. The number of likely N-dealkylation sites (N-methyl/N-ethyl adjacent to an activating group) is 1. The van der Waals surface area contributed by atoms with Gasteiger partial charge < -0.3 is 14.5 Å². The Morgan fingerprint density at radius 2 is 1.89 bits per heavy atom. The van der Waals surface area contributed by atoms with Crippen molar-refractivity contribution in [2.24, 2.45) is 0 Å². The molecule has 2 rings (SSSR count). The lowest BCUT2D eigenvalue weighted by Gasteiger charge is -2.03. The molecule has 0 spiro atoms. The van der Waals surface area contributed by atoms with E-state index in [4.69, 9.17) is 4.18 Å². The van der Waals surface area contributed by atoms with Crippen LogP contribution in [0.25, 0.3) is 10.9 Å². The third-order valence-corrected chi connectivity index (χ3v) is 2.69. The topological polar surface area (TPSA) is 37.0 Å². The van der Waals surface area contributed by atoms with E-state index in [-0.39, 0.29) is 0 Å². The number of hydrogen-bond acceptors (Lipinski definition) is 3. The number of aromatic amines is 1. The van der Waals surface area contributed by atoms with Crippen LogP contribution in [0.1, 0.15) is 33.3 Å². The highest BCUT2D eigenvalue weighted by molar-refractivity contribution is 7.75. The molecular formula is C15H26N2OS. The third-order valence-electron chi connectivity index (χ3n) is 2.49. The summed E-state index contributed by atoms with van der Waals surface area (Å²) in [6.07, 6.45) is 3.00. The summed E-state index contributed by atoms with van der Waals surface area (Å²) in [7, 11) is 1.95. The third kappa shape index (κ3) is 4.80. The molecule has 0 radical (unpaired) electrons. The fraction of sp³-hybridized carbons (Fsp3) is 0.467. The van der Waals surface area contributed by atoms with Gasteiger partial charge in [-0.3, -0.25) is 0 Å². The van der Waals surface area contributed by atoms with Crippen molar-refractivity contribution in [1.82, 2.24) is 10.3 Å². The van der Waals surface area contributed by atoms with Crippen LogP contribution in [0.4, 0.5) is 0 Å². The fourth-order valence-corrected chi connectivity index (χ4v) is 1.90. The highest BCUT2D eigenvalue weighted by Crippen LogP contribution is 2.29. The molecule has 0 saturated carbocycles. The molecule has 1 aromatic carbocycles. The minimum atomic E-state index is 0.809. The summed E-state index contributed by atoms with van der Waals surface area (Å²) in [5.74, 6) is 0.809. The number of nitrogens with one attached hydrogen (secondary N) is 2. The minimum Gasteiger partial charge on any atom is -0.428 e. The van der Waals surface area contributed by atoms with Crippen molar-refractivity contribution in [3.63, 3.8) is 0 Å². The molecule has 1 aromatic heterocycles. The molecule has 0 bridgehead atoms. The smallest absolute Gasteiger partial charge is 0.146 e. The summed E-state index contributed by atoms with van der Waals surface area (Å²) in [6.45, 7) is 8.95. The summed E-state index contributed by atoms with van der Waals surface area (Å²) in [6, 6.07) is 5.91. The van der Waals surface area contributed by atoms with Crippen molar-refractivity contribution in [3.05, 3.63) is 30.0 Å². The van der Waals surface area contributed by atoms with Gasteiger partial charge >= 0.3 is 0 Å². The first kappa shape index (κ1) is 17.9. The second kappa shape index (κ2) is 10.8. The first-order chi connectivity index (χ1) is 9.36. The molecule has 0 amide bonds. The van der Waals surface area contributed by atoms with E-state index in [9.17, 15) is 0 Å². The van der Waals surface area contributed by atoms with Gasteiger partial charge in [0.25, 0.3) is 0 Å². The predicted octanol–water partition coefficient (Wildman–Crippen LogP) is 4.21. The maximum Gasteiger partial charge on any atom is 0.146 e. The van der Waals surface area contributed by atoms with E-state index < -0.39 is 0 Å². The van der Waals surface area contributed by atoms with E-state index >= 15 is 0 Å². The van der Waals surface area contributed by atoms with Crippen LogP contribution in [0.2, 0.25) is 0 Å². The zero-order chi connectivity index (χ0) is 14.7. The Morgan fingerprint density at radius 1 is 1.21 bits per heavy atom. The lowest BCUT2D eigenvalue weighted by molar-refractivity contribution is 0.666. The van der Waals surface area contributed by atoms with Crippen LogP contribution < -0.4 is 9.50 Å². The molecule has 1 heterocycles. The number of benzene rings is 1. The van der Waals surface area contributed by atoms with E-state index in [2.05, 4.69) is 23.2 Å². The number of fused-ring (bicyclic) bond motifs is 1. The molecule has 2 aromatic rings. The van der Waals surface area contributed by atoms with Crippen LogP contribution in [0, 0.1) is 0 Å². The van der Waals surface area contributed by atoms with Crippen molar-refractivity contribution < 1.29 is 4.18 Å². The second-order valence-electron chi connectivity index (χ2n) is 3.44. The summed E-state index contributed by atoms with van der Waals surface area (Å²) in [5.41, 5.74) is 2.34. The van der Waals surface area contributed by atoms with Gasteiger partial charge in [-0.1, -0.05) is 33.8 Å². The molecular weight excluding hydrogens is 256 g/mol. The Hall–Kier alpha value is -1.13. The van der Waals surface area contributed by atoms with Gasteiger partial charge in [0, 0.05) is 30.0 Å². The van der Waals surface area contributed by atoms with Gasteiger partial charge in [0.15, 0.2) is 0 Å². The van der Waals surface area contributed by atoms with Crippen LogP contribution >= 0.6 is 12.9 Å². The van der Waals surface area contributed by atoms with Gasteiger partial charge in [0.05, 0.1) is 0 Å². The summed E-state index contributed by atoms with van der Waals surface area (Å²) in [4.78, 5) is 3.23. The highest BCUT2D eigenvalue weighted by atomic mass is 32.1. The molecule has 0 aliphatic rings. The van der Waals surface area contributed by atoms with Gasteiger partial charge in [-0.25, -0.2) is 0 Å². The maximum atomic E-state index is 5.06. The molecule has 3 nitrogen and oxygen atoms in total. The van der Waals surface area contributed by atoms with Crippen LogP contribution in [0.5, 0.6) is 5.75 Å². The minimum absolute atomic E-state index is 0.809. The van der Waals surface area contributed by atoms with Crippen molar-refractivity contribution in [3.8, 4) is 5.75 Å². The molecule has 0 aliphatic heterocycles. The van der Waals surface area contributed by atoms with Gasteiger partial charge in [0.2, 0.25) is 0 Å². The standard InChI is InChI=1S/C11H14N2OS.2C2H6/c1-12-6-5-8-7-13-9-3-2-4-10(14-15)11(8)9;2*1-2/h2-4,7,12-13,15H,5-6H2,1H3;2*1-2H3. The highest BCUT2D eigenvalue weighted by Gasteiger charge is 2.08. The van der Waals surface area contributed by atoms with E-state index in [0.717, 1.165) is 29.6 Å². The zero-order valence-corrected chi connectivity index (χ0v) is 13.5. The Bertz CT molecular complexity index is 454. The molecule has 0 atom stereocenters. The van der Waals surface area contributed by atoms with Crippen molar-refractivity contribution >= 4 is 23.8 Å². The second-order valence-corrected chi connectivity index (χ2v) is 3.62. The predicted molar refractivity (Wildman–Crippen MR) is 88.2 cm³/mol. The molecule has 4 heteroatoms. The number of rotatable bonds is 4. The molecule has 0 aliphatic carbocycles. The molecule has 108 valence electrons. The average molecular weight is 282 g/mol. The van der Waals surface area contributed by atoms with Crippen LogP contribution in [-0.2, 0) is 6.42 Å². The van der Waals surface area contributed by atoms with E-state index in [1.165, 1.54) is 5.56 Å². The van der Waals surface area contributed by atoms with E-state index in [1.54, 1.807) is 0 Å². The van der Waals surface area contributed by atoms with Crippen molar-refractivity contribution in [1.29, 1.82) is 0 Å². The molecule has 2 N–H and O–H groups in total. The van der Waals surface area contributed by atoms with Crippen LogP contribution in [0.3, 0.4) is 0 Å². The monoisotopic (exact) mass is 282 g/mol. The van der Waals surface area contributed by atoms with Crippen LogP contribution in [0.15, 0.2) is 24.4 Å². The Labute approximate surface area is 122 Å². The van der Waals surface area contributed by atoms with Crippen molar-refractivity contribution in [2.75, 3.05) is 13.6 Å². The largest absolute Gasteiger partial charge is 0.428 e. The first-order valence-electron chi connectivity index (χ1n) is 6.92. The number of H-pyrrole nitrogens is 1. The SMILES string of the molecule is CC.CC.CNCCc1c[nH]c2cccc(OS)c12. The fourth-order valence-electron chi connectivity index (χ4n) is 1.75. The van der Waals surface area contributed by atoms with Gasteiger partial charge in [-0.05, 0) is 37.7 Å². The normalized spacial score (nSPS) is 9.16. The quantitative estimate of drug-likeness (QED) is 0.580. The number of thiol groups is 1. The zero-order valence-electron chi connectivity index (χ0n) is 12.6. The molecule has 0 fully saturated rings. The number of hydrogen-bond donors (Lipinski definition) is 3. The Kier molecular flexibility index (Phi) is 10.1. The Morgan fingerprint density at radius 3 is 2.47 bits per heavy atom. The van der Waals surface area contributed by atoms with Gasteiger partial charge in [0.1, 0.15) is 5.75 Å². The molecule has 0 saturated heterocycles. The lowest BCUT2D eigenvalue weighted by atomic mass is 10.1. The average Bonchev–Trinajstić information content (AvgIpc) is 2.92. The van der Waals surface area contributed by atoms with E-state index in [0.29, 0.717) is 0 Å². The maximum absolute atomic E-state index is 5.06. The summed E-state index contributed by atoms with van der Waals surface area (Å²) in [5, 5.41) is 4.26. The summed E-state index contributed by atoms with van der Waals surface area (Å²) < 4.78 is 5.06. The first-order valence-corrected chi connectivity index (χ1v) is 7.28. The van der Waals surface area contributed by atoms with Crippen molar-refractivity contribution in [2.45, 2.75) is 34.1 Å².